The predicted molar refractivity (Wildman–Crippen MR) is 224 cm³/mol. The molecule has 2 unspecified atom stereocenters. The third-order valence-corrected chi connectivity index (χ3v) is 14.1. The number of rotatable bonds is 17. The van der Waals surface area contributed by atoms with E-state index in [0.29, 0.717) is 5.56 Å². The molecule has 1 heterocycles. The van der Waals surface area contributed by atoms with Gasteiger partial charge in [0.05, 0.1) is 29.6 Å². The Morgan fingerprint density at radius 3 is 2.25 bits per heavy atom. The van der Waals surface area contributed by atoms with Gasteiger partial charge in [-0.3, -0.25) is 14.4 Å². The molecular weight excluding hydrogens is 875 g/mol. The van der Waals surface area contributed by atoms with Gasteiger partial charge >= 0.3 is 29.8 Å². The quantitative estimate of drug-likeness (QED) is 0.0338. The van der Waals surface area contributed by atoms with E-state index in [1.165, 1.54) is 26.0 Å². The normalized spacial score (nSPS) is 31.0. The van der Waals surface area contributed by atoms with Gasteiger partial charge in [-0.1, -0.05) is 69.3 Å². The molecule has 20 heteroatoms. The van der Waals surface area contributed by atoms with Gasteiger partial charge in [0, 0.05) is 55.3 Å². The number of benzene rings is 2. The lowest BCUT2D eigenvalue weighted by Gasteiger charge is -2.67. The maximum Gasteiger partial charge on any atom is 0.348 e. The van der Waals surface area contributed by atoms with Crippen LogP contribution in [0, 0.1) is 16.7 Å². The van der Waals surface area contributed by atoms with Crippen LogP contribution in [0.15, 0.2) is 71.8 Å². The molecule has 0 radical (unpaired) electrons. The van der Waals surface area contributed by atoms with Crippen molar-refractivity contribution in [2.75, 3.05) is 19.0 Å². The first-order chi connectivity index (χ1) is 30.7. The molecule has 1 saturated heterocycles. The monoisotopic (exact) mass is 929 g/mol. The predicted octanol–water partition coefficient (Wildman–Crippen LogP) is 3.07. The molecule has 0 amide bonds. The molecule has 3 fully saturated rings. The third kappa shape index (κ3) is 9.46. The molecule has 2 aromatic carbocycles. The number of hydrogen-bond donors (Lipinski definition) is 4. The maximum atomic E-state index is 15.1. The third-order valence-electron chi connectivity index (χ3n) is 13.5. The number of hydrogen-bond acceptors (Lipinski definition) is 20. The van der Waals surface area contributed by atoms with Crippen molar-refractivity contribution in [2.45, 2.75) is 121 Å². The number of ketones is 1. The van der Waals surface area contributed by atoms with Crippen LogP contribution in [0.2, 0.25) is 0 Å². The maximum absolute atomic E-state index is 15.1. The minimum Gasteiger partial charge on any atom is -0.455 e. The topological polar surface area (TPSA) is 272 Å². The summed E-state index contributed by atoms with van der Waals surface area (Å²) >= 11 is 0.807. The van der Waals surface area contributed by atoms with Gasteiger partial charge in [0.2, 0.25) is 6.10 Å². The number of fused-ring (bicyclic) bond motifs is 5. The molecule has 4 aliphatic rings. The minimum atomic E-state index is -2.38. The van der Waals surface area contributed by atoms with Crippen LogP contribution in [0.3, 0.4) is 0 Å². The Morgan fingerprint density at radius 1 is 0.969 bits per heavy atom. The first kappa shape index (κ1) is 49.7. The highest BCUT2D eigenvalue weighted by molar-refractivity contribution is 7.94. The van der Waals surface area contributed by atoms with Crippen LogP contribution in [0.4, 0.5) is 0 Å². The van der Waals surface area contributed by atoms with Crippen LogP contribution < -0.4 is 5.90 Å². The number of esters is 5. The summed E-state index contributed by atoms with van der Waals surface area (Å²) in [5.41, 5.74) is -7.12. The van der Waals surface area contributed by atoms with Crippen molar-refractivity contribution in [1.82, 2.24) is 0 Å². The highest BCUT2D eigenvalue weighted by Crippen LogP contribution is 2.64. The highest BCUT2D eigenvalue weighted by atomic mass is 32.2. The molecule has 65 heavy (non-hydrogen) atoms. The number of ether oxygens (including phenoxy) is 6. The average Bonchev–Trinajstić information content (AvgIpc) is 3.27. The van der Waals surface area contributed by atoms with E-state index in [1.807, 2.05) is 0 Å². The van der Waals surface area contributed by atoms with E-state index < -0.39 is 119 Å². The van der Waals surface area contributed by atoms with Gasteiger partial charge in [0.1, 0.15) is 30.0 Å². The Morgan fingerprint density at radius 2 is 1.63 bits per heavy atom. The first-order valence-electron chi connectivity index (χ1n) is 21.1. The fraction of sp³-hybridized carbons (Fsp3) is 0.556. The molecule has 0 aromatic heterocycles. The molecule has 6 rings (SSSR count). The zero-order valence-corrected chi connectivity index (χ0v) is 37.6. The van der Waals surface area contributed by atoms with Crippen LogP contribution >= 0.6 is 12.0 Å². The van der Waals surface area contributed by atoms with E-state index in [4.69, 9.17) is 28.4 Å². The Kier molecular flexibility index (Phi) is 15.3. The van der Waals surface area contributed by atoms with Crippen molar-refractivity contribution in [3.63, 3.8) is 0 Å². The van der Waals surface area contributed by atoms with Crippen molar-refractivity contribution < 1.29 is 86.9 Å². The summed E-state index contributed by atoms with van der Waals surface area (Å²) in [4.78, 5) is 86.2. The van der Waals surface area contributed by atoms with Gasteiger partial charge in [-0.25, -0.2) is 14.4 Å². The molecule has 0 spiro atoms. The highest BCUT2D eigenvalue weighted by Gasteiger charge is 2.78. The van der Waals surface area contributed by atoms with Crippen LogP contribution in [0.1, 0.15) is 89.1 Å². The van der Waals surface area contributed by atoms with Gasteiger partial charge in [0.25, 0.3) is 0 Å². The zero-order chi connectivity index (χ0) is 47.5. The van der Waals surface area contributed by atoms with E-state index in [-0.39, 0.29) is 48.3 Å². The van der Waals surface area contributed by atoms with Gasteiger partial charge < -0.3 is 43.7 Å². The molecule has 19 nitrogen and oxygen atoms in total. The number of nitrogens with two attached hydrogens (primary N) is 1. The van der Waals surface area contributed by atoms with E-state index in [9.17, 15) is 39.3 Å². The van der Waals surface area contributed by atoms with Crippen LogP contribution in [-0.2, 0) is 66.8 Å². The zero-order valence-electron chi connectivity index (χ0n) is 36.8. The summed E-state index contributed by atoms with van der Waals surface area (Å²) in [6.07, 6.45) is -10.2. The number of Topliss-reactive ketones (excluding diaryl/α,β-unsaturated/α-hetero) is 1. The van der Waals surface area contributed by atoms with E-state index in [1.54, 1.807) is 69.3 Å². The first-order valence-corrected chi connectivity index (χ1v) is 22.0. The molecule has 2 saturated carbocycles. The van der Waals surface area contributed by atoms with Crippen molar-refractivity contribution in [1.29, 1.82) is 0 Å². The summed E-state index contributed by atoms with van der Waals surface area (Å²) in [6, 6.07) is 16.4. The van der Waals surface area contributed by atoms with Gasteiger partial charge in [-0.2, -0.15) is 5.90 Å². The number of carbonyl (C=O) groups excluding carboxylic acids is 6. The summed E-state index contributed by atoms with van der Waals surface area (Å²) < 4.78 is 39.7. The summed E-state index contributed by atoms with van der Waals surface area (Å²) in [6.45, 7) is 7.56. The van der Waals surface area contributed by atoms with E-state index in [2.05, 4.69) is 20.3 Å². The lowest BCUT2D eigenvalue weighted by Crippen LogP contribution is -2.81. The Hall–Kier alpha value is -4.77. The minimum absolute atomic E-state index is 0.0665. The van der Waals surface area contributed by atoms with Crippen molar-refractivity contribution in [2.24, 2.45) is 22.6 Å². The smallest absolute Gasteiger partial charge is 0.348 e. The van der Waals surface area contributed by atoms with Gasteiger partial charge in [-0.15, -0.1) is 9.32 Å². The van der Waals surface area contributed by atoms with Crippen molar-refractivity contribution in [3.05, 3.63) is 82.9 Å². The second-order valence-electron chi connectivity index (χ2n) is 17.5. The van der Waals surface area contributed by atoms with E-state index in [0.717, 1.165) is 19.0 Å². The molecule has 2 aromatic rings. The van der Waals surface area contributed by atoms with Gasteiger partial charge in [0.15, 0.2) is 18.0 Å². The average molecular weight is 930 g/mol. The fourth-order valence-corrected chi connectivity index (χ4v) is 10.4. The number of aliphatic hydroxyl groups is 3. The summed E-state index contributed by atoms with van der Waals surface area (Å²) in [7, 11) is 0. The molecule has 354 valence electrons. The molecule has 1 aliphatic heterocycles. The molecule has 3 aliphatic carbocycles. The second-order valence-corrected chi connectivity index (χ2v) is 18.3. The lowest BCUT2D eigenvalue weighted by atomic mass is 9.44. The van der Waals surface area contributed by atoms with Gasteiger partial charge in [-0.05, 0) is 54.1 Å². The Balaban J connectivity index is 1.38. The van der Waals surface area contributed by atoms with Crippen molar-refractivity contribution in [3.8, 4) is 0 Å². The summed E-state index contributed by atoms with van der Waals surface area (Å²) in [5.74, 6) is -3.03. The Labute approximate surface area is 379 Å². The molecule has 11 atom stereocenters. The fourth-order valence-electron chi connectivity index (χ4n) is 10.00. The largest absolute Gasteiger partial charge is 0.455 e. The Bertz CT molecular complexity index is 2140. The lowest BCUT2D eigenvalue weighted by molar-refractivity contribution is -0.464. The molecular formula is C45H55NO18S. The second kappa shape index (κ2) is 20.0. The van der Waals surface area contributed by atoms with Crippen LogP contribution in [0.25, 0.3) is 0 Å². The van der Waals surface area contributed by atoms with Crippen LogP contribution in [-0.4, -0.2) is 118 Å². The van der Waals surface area contributed by atoms with Crippen LogP contribution in [0.5, 0.6) is 0 Å². The number of aliphatic hydroxyl groups excluding tert-OH is 2. The molecule has 2 bridgehead atoms. The van der Waals surface area contributed by atoms with Crippen molar-refractivity contribution >= 4 is 47.7 Å². The summed E-state index contributed by atoms with van der Waals surface area (Å²) in [5, 5.41) is 41.8. The molecule has 5 N–H and O–H groups in total. The standard InChI is InChI=1S/C45H55NO18S/c1-24(27-14-9-7-10-15-27)36(59-33(50)22-56-32(49)18-13-19-65-64-63-62-46)41(54)58-29-21-45(55)39(60-40(53)28-16-11-8-12-17-28)37-43(6,38(52)35(51)34(25(29)2)42(45,4)5)30(48)20-31-44(37,23-57-31)61-26(3)47/h7-12,14-17,24,29-31,35-37,39,48,51,55H,13,18-23,46H2,1-6H3/t24-,29-,30-,31?,35+,36+,37-,39?,43+,44-,45+/m0/s1. The SMILES string of the molecule is CC(=O)O[C@@]12COC1C[C@H](O)[C@@]1(C)C(=O)[C@H](O)C3=C(C)[C@@H](OC(=O)[C@H](OC(=O)COC(=O)CCCSOOON)[C@@H](C)c4ccccc4)C[C@@](O)(C(OC(=O)c4ccccc4)[C@@H]12)C3(C)C. The van der Waals surface area contributed by atoms with E-state index >= 15 is 4.79 Å². The number of carbonyl (C=O) groups is 6.